The van der Waals surface area contributed by atoms with E-state index in [9.17, 15) is 0 Å². The molecular formula is C25H25Si. The Morgan fingerprint density at radius 1 is 0.577 bits per heavy atom. The van der Waals surface area contributed by atoms with Crippen LogP contribution in [0, 0.1) is 5.41 Å². The molecule has 3 aromatic rings. The summed E-state index contributed by atoms with van der Waals surface area (Å²) in [5, 5.41) is 0. The van der Waals surface area contributed by atoms with E-state index in [0.717, 1.165) is 25.7 Å². The molecule has 0 aliphatic carbocycles. The predicted octanol–water partition coefficient (Wildman–Crippen LogP) is 5.77. The number of hydrogen-bond donors (Lipinski definition) is 0. The summed E-state index contributed by atoms with van der Waals surface area (Å²) in [5.41, 5.74) is 6.35. The third-order valence-electron chi connectivity index (χ3n) is 4.93. The molecule has 129 valence electrons. The Kier molecular flexibility index (Phi) is 6.62. The van der Waals surface area contributed by atoms with Crippen molar-refractivity contribution in [1.29, 1.82) is 0 Å². The van der Waals surface area contributed by atoms with Crippen LogP contribution in [0.5, 0.6) is 0 Å². The minimum absolute atomic E-state index is 0.146. The van der Waals surface area contributed by atoms with Gasteiger partial charge in [-0.05, 0) is 47.8 Å². The number of allylic oxidation sites excluding steroid dienone is 1. The van der Waals surface area contributed by atoms with E-state index < -0.39 is 0 Å². The third-order valence-corrected chi connectivity index (χ3v) is 5.17. The summed E-state index contributed by atoms with van der Waals surface area (Å²) in [5.74, 6) is 0. The Hall–Kier alpha value is -2.38. The first-order chi connectivity index (χ1) is 12.8. The lowest BCUT2D eigenvalue weighted by Crippen LogP contribution is -2.29. The monoisotopic (exact) mass is 353 g/mol. The normalized spacial score (nSPS) is 11.7. The second-order valence-corrected chi connectivity index (χ2v) is 7.43. The van der Waals surface area contributed by atoms with Crippen LogP contribution in [0.3, 0.4) is 0 Å². The van der Waals surface area contributed by atoms with Gasteiger partial charge in [0, 0.05) is 0 Å². The maximum atomic E-state index is 3.53. The molecule has 0 aliphatic heterocycles. The number of rotatable bonds is 8. The van der Waals surface area contributed by atoms with Gasteiger partial charge < -0.3 is 0 Å². The first-order valence-electron chi connectivity index (χ1n) is 9.24. The van der Waals surface area contributed by atoms with Crippen LogP contribution in [0.15, 0.2) is 103 Å². The SMILES string of the molecule is [Si]C=CCC(Cc1ccccc1)(Cc1ccccc1)Cc1ccccc1. The van der Waals surface area contributed by atoms with Gasteiger partial charge in [0.1, 0.15) is 0 Å². The molecule has 0 unspecified atom stereocenters. The molecule has 26 heavy (non-hydrogen) atoms. The van der Waals surface area contributed by atoms with E-state index in [1.165, 1.54) is 16.7 Å². The first-order valence-corrected chi connectivity index (χ1v) is 9.81. The molecule has 3 rings (SSSR count). The minimum Gasteiger partial charge on any atom is -0.106 e. The quantitative estimate of drug-likeness (QED) is 0.451. The molecule has 0 spiro atoms. The van der Waals surface area contributed by atoms with Gasteiger partial charge in [0.05, 0.1) is 10.2 Å². The molecular weight excluding hydrogens is 328 g/mol. The molecule has 0 bridgehead atoms. The fourth-order valence-electron chi connectivity index (χ4n) is 3.80. The summed E-state index contributed by atoms with van der Waals surface area (Å²) in [6.45, 7) is 0. The van der Waals surface area contributed by atoms with Crippen molar-refractivity contribution in [3.05, 3.63) is 119 Å². The van der Waals surface area contributed by atoms with Crippen molar-refractivity contribution in [2.75, 3.05) is 0 Å². The molecule has 0 saturated carbocycles. The van der Waals surface area contributed by atoms with E-state index in [1.807, 2.05) is 5.70 Å². The fourth-order valence-corrected chi connectivity index (χ4v) is 3.92. The highest BCUT2D eigenvalue weighted by atomic mass is 28.1. The summed E-state index contributed by atoms with van der Waals surface area (Å²) in [6.07, 6.45) is 6.48. The van der Waals surface area contributed by atoms with E-state index in [1.54, 1.807) is 0 Å². The molecule has 0 atom stereocenters. The number of hydrogen-bond acceptors (Lipinski definition) is 0. The average Bonchev–Trinajstić information content (AvgIpc) is 2.69. The highest BCUT2D eigenvalue weighted by Gasteiger charge is 2.30. The lowest BCUT2D eigenvalue weighted by molar-refractivity contribution is 0.281. The third kappa shape index (κ3) is 5.31. The lowest BCUT2D eigenvalue weighted by Gasteiger charge is -2.34. The van der Waals surface area contributed by atoms with Gasteiger partial charge in [-0.2, -0.15) is 0 Å². The Morgan fingerprint density at radius 2 is 0.923 bits per heavy atom. The van der Waals surface area contributed by atoms with Gasteiger partial charge in [-0.1, -0.05) is 97.1 Å². The van der Waals surface area contributed by atoms with E-state index >= 15 is 0 Å². The molecule has 0 nitrogen and oxygen atoms in total. The summed E-state index contributed by atoms with van der Waals surface area (Å²) in [6, 6.07) is 32.7. The largest absolute Gasteiger partial charge is 0.106 e. The second-order valence-electron chi connectivity index (χ2n) is 7.09. The van der Waals surface area contributed by atoms with Crippen molar-refractivity contribution in [2.24, 2.45) is 5.41 Å². The Balaban J connectivity index is 1.97. The van der Waals surface area contributed by atoms with Gasteiger partial charge in [-0.15, -0.1) is 5.70 Å². The Bertz CT molecular complexity index is 690. The molecule has 0 N–H and O–H groups in total. The topological polar surface area (TPSA) is 0 Å². The van der Waals surface area contributed by atoms with Gasteiger partial charge in [-0.3, -0.25) is 0 Å². The second kappa shape index (κ2) is 9.35. The first kappa shape index (κ1) is 18.4. The summed E-state index contributed by atoms with van der Waals surface area (Å²) in [4.78, 5) is 0. The molecule has 0 aromatic heterocycles. The predicted molar refractivity (Wildman–Crippen MR) is 112 cm³/mol. The molecule has 3 aromatic carbocycles. The molecule has 0 heterocycles. The van der Waals surface area contributed by atoms with Crippen LogP contribution in [0.4, 0.5) is 0 Å². The van der Waals surface area contributed by atoms with Gasteiger partial charge in [-0.25, -0.2) is 0 Å². The van der Waals surface area contributed by atoms with E-state index in [-0.39, 0.29) is 5.41 Å². The molecule has 0 saturated heterocycles. The molecule has 0 aliphatic rings. The van der Waals surface area contributed by atoms with Crippen molar-refractivity contribution >= 4 is 10.2 Å². The zero-order valence-corrected chi connectivity index (χ0v) is 16.1. The Labute approximate surface area is 161 Å². The maximum absolute atomic E-state index is 3.53. The van der Waals surface area contributed by atoms with Crippen LogP contribution < -0.4 is 0 Å². The standard InChI is InChI=1S/C25H25Si/c26-18-10-17-25(19-22-11-4-1-5-12-22,20-23-13-6-2-7-14-23)21-24-15-8-3-9-16-24/h1-16,18H,17,19-21H2. The zero-order valence-electron chi connectivity index (χ0n) is 15.1. The fraction of sp³-hybridized carbons (Fsp3) is 0.200. The lowest BCUT2D eigenvalue weighted by atomic mass is 9.70. The summed E-state index contributed by atoms with van der Waals surface area (Å²) in [7, 11) is 3.53. The van der Waals surface area contributed by atoms with Crippen molar-refractivity contribution in [3.63, 3.8) is 0 Å². The van der Waals surface area contributed by atoms with E-state index in [4.69, 9.17) is 0 Å². The molecule has 3 radical (unpaired) electrons. The van der Waals surface area contributed by atoms with Crippen LogP contribution >= 0.6 is 0 Å². The van der Waals surface area contributed by atoms with Crippen molar-refractivity contribution in [2.45, 2.75) is 25.7 Å². The van der Waals surface area contributed by atoms with E-state index in [0.29, 0.717) is 0 Å². The van der Waals surface area contributed by atoms with Crippen LogP contribution in [-0.2, 0) is 19.3 Å². The van der Waals surface area contributed by atoms with Crippen LogP contribution in [0.25, 0.3) is 0 Å². The minimum atomic E-state index is 0.146. The van der Waals surface area contributed by atoms with Gasteiger partial charge in [0.15, 0.2) is 0 Å². The van der Waals surface area contributed by atoms with Crippen LogP contribution in [0.2, 0.25) is 0 Å². The van der Waals surface area contributed by atoms with Gasteiger partial charge in [0.2, 0.25) is 0 Å². The summed E-state index contributed by atoms with van der Waals surface area (Å²) < 4.78 is 0. The number of benzene rings is 3. The molecule has 1 heteroatoms. The zero-order chi connectivity index (χ0) is 18.1. The average molecular weight is 354 g/mol. The maximum Gasteiger partial charge on any atom is 0.0596 e. The van der Waals surface area contributed by atoms with Crippen LogP contribution in [0.1, 0.15) is 23.1 Å². The van der Waals surface area contributed by atoms with Crippen molar-refractivity contribution in [3.8, 4) is 0 Å². The van der Waals surface area contributed by atoms with E-state index in [2.05, 4.69) is 107 Å². The van der Waals surface area contributed by atoms with Gasteiger partial charge >= 0.3 is 0 Å². The summed E-state index contributed by atoms with van der Waals surface area (Å²) >= 11 is 0. The highest BCUT2D eigenvalue weighted by molar-refractivity contribution is 6.16. The van der Waals surface area contributed by atoms with Crippen molar-refractivity contribution in [1.82, 2.24) is 0 Å². The van der Waals surface area contributed by atoms with Crippen LogP contribution in [-0.4, -0.2) is 10.2 Å². The van der Waals surface area contributed by atoms with Gasteiger partial charge in [0.25, 0.3) is 0 Å². The smallest absolute Gasteiger partial charge is 0.0596 e. The molecule has 0 fully saturated rings. The van der Waals surface area contributed by atoms with Crippen molar-refractivity contribution < 1.29 is 0 Å². The Morgan fingerprint density at radius 3 is 1.23 bits per heavy atom. The highest BCUT2D eigenvalue weighted by Crippen LogP contribution is 2.36. The molecule has 0 amide bonds.